The van der Waals surface area contributed by atoms with E-state index in [1.807, 2.05) is 51.2 Å². The zero-order valence-electron chi connectivity index (χ0n) is 14.3. The third-order valence-electron chi connectivity index (χ3n) is 5.25. The lowest BCUT2D eigenvalue weighted by atomic mass is 9.78. The second-order valence-corrected chi connectivity index (χ2v) is 7.71. The molecule has 1 aliphatic rings. The Kier molecular flexibility index (Phi) is 3.60. The normalized spacial score (nSPS) is 21.8. The number of aliphatic hydroxyl groups excluding tert-OH is 1. The van der Waals surface area contributed by atoms with Crippen LogP contribution >= 0.6 is 11.6 Å². The van der Waals surface area contributed by atoms with Crippen LogP contribution in [0.3, 0.4) is 0 Å². The van der Waals surface area contributed by atoms with Gasteiger partial charge in [-0.1, -0.05) is 36.7 Å². The number of aromatic nitrogens is 1. The van der Waals surface area contributed by atoms with E-state index in [1.165, 1.54) is 6.07 Å². The smallest absolute Gasteiger partial charge is 0.147 e. The summed E-state index contributed by atoms with van der Waals surface area (Å²) in [5.74, 6) is -0.638. The Morgan fingerprint density at radius 2 is 1.96 bits per heavy atom. The second kappa shape index (κ2) is 5.48. The summed E-state index contributed by atoms with van der Waals surface area (Å²) < 4.78 is 15.0. The van der Waals surface area contributed by atoms with Gasteiger partial charge >= 0.3 is 0 Å². The SMILES string of the molecule is C[C@@H]1c2c(Cl)c(-c3cccc4cc[nH]c34)cc(F)c2NC(C)(C)[C@H]1O. The van der Waals surface area contributed by atoms with Crippen LogP contribution in [0.1, 0.15) is 32.3 Å². The first-order valence-corrected chi connectivity index (χ1v) is 8.73. The Morgan fingerprint density at radius 1 is 1.20 bits per heavy atom. The number of fused-ring (bicyclic) bond motifs is 2. The van der Waals surface area contributed by atoms with Gasteiger partial charge in [0.1, 0.15) is 5.82 Å². The molecule has 0 saturated heterocycles. The van der Waals surface area contributed by atoms with Gasteiger partial charge in [-0.25, -0.2) is 4.39 Å². The van der Waals surface area contributed by atoms with Gasteiger partial charge in [0.05, 0.1) is 27.9 Å². The minimum absolute atomic E-state index is 0.281. The lowest BCUT2D eigenvalue weighted by molar-refractivity contribution is 0.0865. The summed E-state index contributed by atoms with van der Waals surface area (Å²) in [7, 11) is 0. The Hall–Kier alpha value is -2.04. The minimum atomic E-state index is -0.673. The predicted octanol–water partition coefficient (Wildman–Crippen LogP) is 5.30. The number of nitrogens with one attached hydrogen (secondary N) is 2. The summed E-state index contributed by atoms with van der Waals surface area (Å²) in [6, 6.07) is 9.29. The molecule has 0 amide bonds. The van der Waals surface area contributed by atoms with Crippen LogP contribution in [0.4, 0.5) is 10.1 Å². The maximum Gasteiger partial charge on any atom is 0.147 e. The van der Waals surface area contributed by atoms with Gasteiger partial charge in [-0.3, -0.25) is 0 Å². The standard InChI is InChI=1S/C20H20ClFN2O/c1-10-15-16(21)13(12-6-4-5-11-7-8-23-17(11)12)9-14(22)18(15)24-20(2,3)19(10)25/h4-10,19,23-25H,1-3H3/t10-,19+/m1/s1. The average molecular weight is 359 g/mol. The van der Waals surface area contributed by atoms with Gasteiger partial charge in [-0.2, -0.15) is 0 Å². The Balaban J connectivity index is 1.99. The summed E-state index contributed by atoms with van der Waals surface area (Å²) in [5.41, 5.74) is 2.79. The van der Waals surface area contributed by atoms with E-state index in [-0.39, 0.29) is 11.7 Å². The van der Waals surface area contributed by atoms with Crippen molar-refractivity contribution in [3.63, 3.8) is 0 Å². The average Bonchev–Trinajstić information content (AvgIpc) is 3.04. The molecular weight excluding hydrogens is 339 g/mol. The number of aliphatic hydroxyl groups is 1. The first kappa shape index (κ1) is 16.4. The molecule has 25 heavy (non-hydrogen) atoms. The topological polar surface area (TPSA) is 48.0 Å². The van der Waals surface area contributed by atoms with Crippen LogP contribution in [0.5, 0.6) is 0 Å². The fourth-order valence-corrected chi connectivity index (χ4v) is 4.31. The Labute approximate surface area is 150 Å². The molecule has 1 aromatic heterocycles. The Bertz CT molecular complexity index is 979. The molecular formula is C20H20ClFN2O. The quantitative estimate of drug-likeness (QED) is 0.553. The highest BCUT2D eigenvalue weighted by Gasteiger charge is 2.41. The fraction of sp³-hybridized carbons (Fsp3) is 0.300. The molecule has 0 unspecified atom stereocenters. The van der Waals surface area contributed by atoms with Crippen molar-refractivity contribution in [3.05, 3.63) is 52.9 Å². The first-order valence-electron chi connectivity index (χ1n) is 8.36. The third-order valence-corrected chi connectivity index (χ3v) is 5.65. The van der Waals surface area contributed by atoms with Crippen LogP contribution in [-0.4, -0.2) is 21.7 Å². The van der Waals surface area contributed by atoms with Gasteiger partial charge in [0.25, 0.3) is 0 Å². The third kappa shape index (κ3) is 2.35. The number of hydrogen-bond donors (Lipinski definition) is 3. The van der Waals surface area contributed by atoms with Crippen molar-refractivity contribution in [2.75, 3.05) is 5.32 Å². The van der Waals surface area contributed by atoms with Crippen LogP contribution in [-0.2, 0) is 0 Å². The molecule has 130 valence electrons. The highest BCUT2D eigenvalue weighted by Crippen LogP contribution is 2.47. The van der Waals surface area contributed by atoms with Gasteiger partial charge in [-0.15, -0.1) is 0 Å². The largest absolute Gasteiger partial charge is 0.390 e. The van der Waals surface area contributed by atoms with Crippen LogP contribution in [0.2, 0.25) is 5.02 Å². The molecule has 0 fully saturated rings. The monoisotopic (exact) mass is 358 g/mol. The zero-order chi connectivity index (χ0) is 17.9. The summed E-state index contributed by atoms with van der Waals surface area (Å²) >= 11 is 6.72. The minimum Gasteiger partial charge on any atom is -0.390 e. The highest BCUT2D eigenvalue weighted by molar-refractivity contribution is 6.35. The van der Waals surface area contributed by atoms with Crippen molar-refractivity contribution in [2.45, 2.75) is 38.3 Å². The van der Waals surface area contributed by atoms with E-state index in [0.717, 1.165) is 16.5 Å². The molecule has 2 atom stereocenters. The Morgan fingerprint density at radius 3 is 2.72 bits per heavy atom. The van der Waals surface area contributed by atoms with Crippen molar-refractivity contribution in [2.24, 2.45) is 0 Å². The number of anilines is 1. The second-order valence-electron chi connectivity index (χ2n) is 7.34. The number of benzene rings is 2. The molecule has 3 aromatic rings. The van der Waals surface area contributed by atoms with Crippen LogP contribution < -0.4 is 5.32 Å². The number of para-hydroxylation sites is 1. The van der Waals surface area contributed by atoms with E-state index in [0.29, 0.717) is 21.8 Å². The van der Waals surface area contributed by atoms with Gasteiger partial charge in [0.2, 0.25) is 0 Å². The number of aromatic amines is 1. The molecule has 1 aliphatic heterocycles. The van der Waals surface area contributed by atoms with Gasteiger partial charge in [-0.05, 0) is 31.4 Å². The van der Waals surface area contributed by atoms with Crippen molar-refractivity contribution < 1.29 is 9.50 Å². The summed E-state index contributed by atoms with van der Waals surface area (Å²) in [5, 5.41) is 15.3. The maximum absolute atomic E-state index is 15.0. The molecule has 4 rings (SSSR count). The van der Waals surface area contributed by atoms with Crippen molar-refractivity contribution >= 4 is 28.2 Å². The van der Waals surface area contributed by atoms with E-state index in [4.69, 9.17) is 11.6 Å². The molecule has 0 saturated carbocycles. The van der Waals surface area contributed by atoms with Crippen LogP contribution in [0, 0.1) is 5.82 Å². The van der Waals surface area contributed by atoms with Crippen LogP contribution in [0.15, 0.2) is 36.5 Å². The molecule has 0 bridgehead atoms. The number of hydrogen-bond acceptors (Lipinski definition) is 2. The summed E-state index contributed by atoms with van der Waals surface area (Å²) in [4.78, 5) is 3.20. The molecule has 3 nitrogen and oxygen atoms in total. The fourth-order valence-electron chi connectivity index (χ4n) is 3.88. The lowest BCUT2D eigenvalue weighted by Gasteiger charge is -2.43. The van der Waals surface area contributed by atoms with E-state index < -0.39 is 11.6 Å². The maximum atomic E-state index is 15.0. The van der Waals surface area contributed by atoms with Gasteiger partial charge in [0, 0.05) is 28.8 Å². The van der Waals surface area contributed by atoms with Gasteiger partial charge in [0.15, 0.2) is 0 Å². The van der Waals surface area contributed by atoms with Gasteiger partial charge < -0.3 is 15.4 Å². The summed E-state index contributed by atoms with van der Waals surface area (Å²) in [6.07, 6.45) is 1.18. The number of rotatable bonds is 1. The molecule has 2 aromatic carbocycles. The van der Waals surface area contributed by atoms with Crippen molar-refractivity contribution in [1.29, 1.82) is 0 Å². The van der Waals surface area contributed by atoms with Crippen molar-refractivity contribution in [1.82, 2.24) is 4.98 Å². The number of halogens is 2. The van der Waals surface area contributed by atoms with Crippen molar-refractivity contribution in [3.8, 4) is 11.1 Å². The van der Waals surface area contributed by atoms with Crippen LogP contribution in [0.25, 0.3) is 22.0 Å². The lowest BCUT2D eigenvalue weighted by Crippen LogP contribution is -2.50. The van der Waals surface area contributed by atoms with E-state index in [1.54, 1.807) is 0 Å². The highest BCUT2D eigenvalue weighted by atomic mass is 35.5. The molecule has 0 radical (unpaired) electrons. The predicted molar refractivity (Wildman–Crippen MR) is 101 cm³/mol. The molecule has 5 heteroatoms. The molecule has 3 N–H and O–H groups in total. The van der Waals surface area contributed by atoms with E-state index >= 15 is 0 Å². The molecule has 0 aliphatic carbocycles. The molecule has 2 heterocycles. The first-order chi connectivity index (χ1) is 11.8. The molecule has 0 spiro atoms. The number of H-pyrrole nitrogens is 1. The zero-order valence-corrected chi connectivity index (χ0v) is 15.1. The van der Waals surface area contributed by atoms with E-state index in [2.05, 4.69) is 10.3 Å². The summed E-state index contributed by atoms with van der Waals surface area (Å²) in [6.45, 7) is 5.60. The van der Waals surface area contributed by atoms with E-state index in [9.17, 15) is 9.50 Å².